The highest BCUT2D eigenvalue weighted by molar-refractivity contribution is 6.16. The van der Waals surface area contributed by atoms with E-state index in [4.69, 9.17) is 9.73 Å². The van der Waals surface area contributed by atoms with Crippen LogP contribution in [0.25, 0.3) is 16.7 Å². The Balaban J connectivity index is 1.15. The van der Waals surface area contributed by atoms with Gasteiger partial charge in [-0.2, -0.15) is 0 Å². The van der Waals surface area contributed by atoms with Crippen LogP contribution in [0.5, 0.6) is 5.75 Å². The van der Waals surface area contributed by atoms with Crippen LogP contribution in [0.4, 0.5) is 5.69 Å². The van der Waals surface area contributed by atoms with Crippen molar-refractivity contribution in [2.45, 2.75) is 55.3 Å². The lowest BCUT2D eigenvalue weighted by Crippen LogP contribution is -2.53. The van der Waals surface area contributed by atoms with E-state index in [2.05, 4.69) is 163 Å². The molecule has 11 rings (SSSR count). The molecule has 0 N–H and O–H groups in total. The van der Waals surface area contributed by atoms with Crippen LogP contribution in [0.3, 0.4) is 0 Å². The highest BCUT2D eigenvalue weighted by Gasteiger charge is 2.50. The molecule has 6 atom stereocenters. The van der Waals surface area contributed by atoms with Crippen molar-refractivity contribution < 1.29 is 4.74 Å². The zero-order chi connectivity index (χ0) is 33.6. The maximum Gasteiger partial charge on any atom is 0.130 e. The number of anilines is 1. The molecule has 4 aromatic rings. The first-order valence-corrected chi connectivity index (χ1v) is 18.5. The van der Waals surface area contributed by atoms with Crippen LogP contribution < -0.4 is 9.64 Å². The van der Waals surface area contributed by atoms with Crippen LogP contribution in [0.15, 0.2) is 162 Å². The third-order valence-corrected chi connectivity index (χ3v) is 12.3. The minimum atomic E-state index is -0.169. The van der Waals surface area contributed by atoms with Gasteiger partial charge in [0, 0.05) is 28.7 Å². The average Bonchev–Trinajstić information content (AvgIpc) is 3.71. The molecule has 0 saturated carbocycles. The van der Waals surface area contributed by atoms with E-state index in [0.717, 1.165) is 30.8 Å². The molecule has 4 heteroatoms. The fraction of sp³-hybridized carbons (Fsp3) is 0.213. The summed E-state index contributed by atoms with van der Waals surface area (Å²) in [6.45, 7) is 0. The first-order valence-electron chi connectivity index (χ1n) is 18.5. The molecule has 0 radical (unpaired) electrons. The van der Waals surface area contributed by atoms with Crippen LogP contribution in [0.1, 0.15) is 71.0 Å². The van der Waals surface area contributed by atoms with Gasteiger partial charge in [0.25, 0.3) is 0 Å². The molecule has 0 aromatic heterocycles. The summed E-state index contributed by atoms with van der Waals surface area (Å²) >= 11 is 0. The minimum absolute atomic E-state index is 0.0806. The summed E-state index contributed by atoms with van der Waals surface area (Å²) in [5, 5.41) is 0. The van der Waals surface area contributed by atoms with Gasteiger partial charge < -0.3 is 9.64 Å². The highest BCUT2D eigenvalue weighted by atomic mass is 16.5. The predicted molar refractivity (Wildman–Crippen MR) is 207 cm³/mol. The van der Waals surface area contributed by atoms with Crippen molar-refractivity contribution in [3.05, 3.63) is 185 Å². The van der Waals surface area contributed by atoms with Gasteiger partial charge in [-0.1, -0.05) is 139 Å². The third-order valence-electron chi connectivity index (χ3n) is 12.3. The summed E-state index contributed by atoms with van der Waals surface area (Å²) in [5.74, 6) is 3.56. The Morgan fingerprint density at radius 2 is 1.45 bits per heavy atom. The molecular formula is C47H39N3O. The number of amidine groups is 1. The number of nitrogens with zero attached hydrogens (tertiary/aromatic N) is 3. The van der Waals surface area contributed by atoms with Crippen molar-refractivity contribution in [3.8, 4) is 16.9 Å². The smallest absolute Gasteiger partial charge is 0.130 e. The molecule has 248 valence electrons. The SMILES string of the molecule is CN1C(c2ccccc2C2C=CC=C3Oc4ccccc4C32)N=C2C(c3ccccc3-c3cccc4c3N2[C@@H]2CC=CC=C42)C1C1=CC=CCC1. The zero-order valence-electron chi connectivity index (χ0n) is 28.7. The van der Waals surface area contributed by atoms with E-state index in [1.807, 2.05) is 0 Å². The molecule has 0 bridgehead atoms. The molecule has 4 aliphatic heterocycles. The second kappa shape index (κ2) is 11.3. The number of hydrogen-bond donors (Lipinski definition) is 0. The molecule has 0 fully saturated rings. The number of fused-ring (bicyclic) bond motifs is 11. The molecule has 4 heterocycles. The second-order valence-electron chi connectivity index (χ2n) is 14.8. The van der Waals surface area contributed by atoms with E-state index < -0.39 is 0 Å². The van der Waals surface area contributed by atoms with Crippen LogP contribution in [0.2, 0.25) is 0 Å². The molecule has 0 saturated heterocycles. The normalized spacial score (nSPS) is 27.7. The van der Waals surface area contributed by atoms with Crippen molar-refractivity contribution in [1.29, 1.82) is 0 Å². The Bertz CT molecular complexity index is 2350. The summed E-state index contributed by atoms with van der Waals surface area (Å²) in [6, 6.07) is 34.1. The largest absolute Gasteiger partial charge is 0.461 e. The molecular weight excluding hydrogens is 623 g/mol. The first-order chi connectivity index (χ1) is 25.3. The van der Waals surface area contributed by atoms with Crippen LogP contribution in [-0.2, 0) is 0 Å². The lowest BCUT2D eigenvalue weighted by Gasteiger charge is -2.47. The molecule has 4 nitrogen and oxygen atoms in total. The van der Waals surface area contributed by atoms with E-state index in [9.17, 15) is 0 Å². The first kappa shape index (κ1) is 29.3. The quantitative estimate of drug-likeness (QED) is 0.219. The Kier molecular flexibility index (Phi) is 6.48. The van der Waals surface area contributed by atoms with Gasteiger partial charge in [-0.25, -0.2) is 4.99 Å². The fourth-order valence-corrected chi connectivity index (χ4v) is 10.2. The Morgan fingerprint density at radius 3 is 2.33 bits per heavy atom. The summed E-state index contributed by atoms with van der Waals surface area (Å²) in [6.07, 6.45) is 23.5. The minimum Gasteiger partial charge on any atom is -0.461 e. The van der Waals surface area contributed by atoms with Gasteiger partial charge in [0.15, 0.2) is 0 Å². The Morgan fingerprint density at radius 1 is 0.686 bits per heavy atom. The van der Waals surface area contributed by atoms with Gasteiger partial charge in [-0.3, -0.25) is 4.90 Å². The maximum atomic E-state index is 6.44. The van der Waals surface area contributed by atoms with E-state index in [-0.39, 0.29) is 36.0 Å². The van der Waals surface area contributed by atoms with Crippen molar-refractivity contribution in [1.82, 2.24) is 4.90 Å². The van der Waals surface area contributed by atoms with E-state index in [1.54, 1.807) is 0 Å². The topological polar surface area (TPSA) is 28.1 Å². The van der Waals surface area contributed by atoms with Crippen LogP contribution >= 0.6 is 0 Å². The Hall–Kier alpha value is -5.45. The Labute approximate surface area is 299 Å². The van der Waals surface area contributed by atoms with Gasteiger partial charge in [-0.05, 0) is 66.3 Å². The van der Waals surface area contributed by atoms with Crippen molar-refractivity contribution >= 4 is 17.1 Å². The fourth-order valence-electron chi connectivity index (χ4n) is 10.2. The van der Waals surface area contributed by atoms with Gasteiger partial charge in [0.05, 0.1) is 23.6 Å². The molecule has 51 heavy (non-hydrogen) atoms. The van der Waals surface area contributed by atoms with Gasteiger partial charge in [0.1, 0.15) is 23.5 Å². The summed E-state index contributed by atoms with van der Waals surface area (Å²) in [5.41, 5.74) is 13.4. The molecule has 3 aliphatic carbocycles. The van der Waals surface area contributed by atoms with Crippen molar-refractivity contribution in [2.24, 2.45) is 4.99 Å². The second-order valence-corrected chi connectivity index (χ2v) is 14.8. The number of likely N-dealkylation sites (N-methyl/N-ethyl adjacent to an activating group) is 1. The molecule has 0 spiro atoms. The lowest BCUT2D eigenvalue weighted by molar-refractivity contribution is 0.174. The van der Waals surface area contributed by atoms with Crippen LogP contribution in [-0.4, -0.2) is 29.9 Å². The predicted octanol–water partition coefficient (Wildman–Crippen LogP) is 10.4. The van der Waals surface area contributed by atoms with Gasteiger partial charge >= 0.3 is 0 Å². The van der Waals surface area contributed by atoms with Crippen molar-refractivity contribution in [3.63, 3.8) is 0 Å². The summed E-state index contributed by atoms with van der Waals surface area (Å²) < 4.78 is 6.44. The zero-order valence-corrected chi connectivity index (χ0v) is 28.7. The molecule has 0 amide bonds. The maximum absolute atomic E-state index is 6.44. The number of aliphatic imine (C=N–C) groups is 1. The van der Waals surface area contributed by atoms with E-state index in [0.29, 0.717) is 0 Å². The molecule has 5 unspecified atom stereocenters. The number of rotatable bonds is 3. The number of hydrogen-bond acceptors (Lipinski definition) is 4. The lowest BCUT2D eigenvalue weighted by atomic mass is 9.75. The average molecular weight is 662 g/mol. The number of benzene rings is 4. The summed E-state index contributed by atoms with van der Waals surface area (Å²) in [7, 11) is 2.33. The van der Waals surface area contributed by atoms with E-state index >= 15 is 0 Å². The number of allylic oxidation sites excluding steroid dienone is 9. The molecule has 7 aliphatic rings. The third kappa shape index (κ3) is 4.20. The van der Waals surface area contributed by atoms with Gasteiger partial charge in [0.2, 0.25) is 0 Å². The van der Waals surface area contributed by atoms with Crippen LogP contribution in [0, 0.1) is 0 Å². The van der Waals surface area contributed by atoms with Gasteiger partial charge in [-0.15, -0.1) is 0 Å². The molecule has 4 aromatic carbocycles. The monoisotopic (exact) mass is 661 g/mol. The summed E-state index contributed by atoms with van der Waals surface area (Å²) in [4.78, 5) is 11.3. The standard InChI is InChI=1S/C47H39N3O/c1-49-44(29-15-3-2-4-16-29)43-34-20-7-5-17-30(34)35-24-13-25-36-32-19-9-11-26-39(32)50(45(35)36)47(43)48-46(49)37-21-8-6-18-31(37)33-23-14-28-41-42(33)38-22-10-12-27-40(38)51-41/h2-3,5-15,17-25,27-28,33,39,42-44,46H,4,16,26H2,1H3/t33?,39-,42?,43?,44?,46?/m1/s1. The van der Waals surface area contributed by atoms with Crippen molar-refractivity contribution in [2.75, 3.05) is 11.9 Å². The van der Waals surface area contributed by atoms with E-state index in [1.165, 1.54) is 61.6 Å². The number of para-hydroxylation sites is 2. The highest BCUT2D eigenvalue weighted by Crippen LogP contribution is 2.57. The number of ether oxygens (including phenoxy) is 1.